The number of hydrogen-bond acceptors (Lipinski definition) is 4. The van der Waals surface area contributed by atoms with Crippen LogP contribution >= 0.6 is 0 Å². The number of amides is 1. The first-order valence-corrected chi connectivity index (χ1v) is 8.39. The summed E-state index contributed by atoms with van der Waals surface area (Å²) >= 11 is 0. The number of aromatic nitrogens is 2. The van der Waals surface area contributed by atoms with Crippen molar-refractivity contribution in [2.45, 2.75) is 13.3 Å². The van der Waals surface area contributed by atoms with E-state index in [4.69, 9.17) is 0 Å². The number of fused-ring (bicyclic) bond motifs is 1. The second-order valence-corrected chi connectivity index (χ2v) is 6.16. The van der Waals surface area contributed by atoms with Crippen molar-refractivity contribution >= 4 is 23.2 Å². The zero-order valence-corrected chi connectivity index (χ0v) is 14.2. The van der Waals surface area contributed by atoms with E-state index < -0.39 is 11.7 Å². The van der Waals surface area contributed by atoms with Gasteiger partial charge >= 0.3 is 0 Å². The molecule has 0 spiro atoms. The minimum absolute atomic E-state index is 0.127. The van der Waals surface area contributed by atoms with E-state index in [0.717, 1.165) is 18.7 Å². The number of benzene rings is 2. The molecule has 3 aromatic rings. The lowest BCUT2D eigenvalue weighted by atomic mass is 10.2. The minimum atomic E-state index is -0.486. The first-order chi connectivity index (χ1) is 12.6. The van der Waals surface area contributed by atoms with Gasteiger partial charge in [0.1, 0.15) is 11.5 Å². The zero-order valence-electron chi connectivity index (χ0n) is 14.2. The highest BCUT2D eigenvalue weighted by atomic mass is 19.1. The number of para-hydroxylation sites is 2. The summed E-state index contributed by atoms with van der Waals surface area (Å²) in [6, 6.07) is 15.7. The predicted molar refractivity (Wildman–Crippen MR) is 98.3 cm³/mol. The van der Waals surface area contributed by atoms with Gasteiger partial charge in [-0.15, -0.1) is 0 Å². The van der Waals surface area contributed by atoms with Crippen molar-refractivity contribution in [1.29, 1.82) is 0 Å². The number of aryl methyl sites for hydroxylation is 1. The molecule has 0 fully saturated rings. The van der Waals surface area contributed by atoms with E-state index in [0.29, 0.717) is 11.6 Å². The Morgan fingerprint density at radius 1 is 1.12 bits per heavy atom. The van der Waals surface area contributed by atoms with Gasteiger partial charge in [0.15, 0.2) is 0 Å². The van der Waals surface area contributed by atoms with Gasteiger partial charge < -0.3 is 10.2 Å². The molecule has 1 aromatic heterocycles. The summed E-state index contributed by atoms with van der Waals surface area (Å²) < 4.78 is 13.8. The second kappa shape index (κ2) is 6.55. The van der Waals surface area contributed by atoms with Crippen LogP contribution in [0.1, 0.15) is 21.7 Å². The Morgan fingerprint density at radius 3 is 2.73 bits per heavy atom. The van der Waals surface area contributed by atoms with Crippen LogP contribution in [-0.2, 0) is 6.42 Å². The lowest BCUT2D eigenvalue weighted by Crippen LogP contribution is -2.21. The van der Waals surface area contributed by atoms with Gasteiger partial charge in [0, 0.05) is 17.9 Å². The largest absolute Gasteiger partial charge is 0.318 e. The third-order valence-electron chi connectivity index (χ3n) is 4.33. The van der Waals surface area contributed by atoms with Crippen LogP contribution in [0, 0.1) is 12.7 Å². The van der Waals surface area contributed by atoms with Gasteiger partial charge in [-0.25, -0.2) is 14.4 Å². The third kappa shape index (κ3) is 3.01. The van der Waals surface area contributed by atoms with Gasteiger partial charge in [-0.2, -0.15) is 0 Å². The Labute approximate surface area is 150 Å². The number of hydrogen-bond donors (Lipinski definition) is 1. The molecular weight excluding hydrogens is 331 g/mol. The summed E-state index contributed by atoms with van der Waals surface area (Å²) in [4.78, 5) is 23.4. The molecule has 1 aliphatic heterocycles. The molecule has 0 saturated carbocycles. The molecule has 0 aliphatic carbocycles. The van der Waals surface area contributed by atoms with Crippen LogP contribution in [-0.4, -0.2) is 22.4 Å². The maximum atomic E-state index is 13.8. The van der Waals surface area contributed by atoms with Crippen molar-refractivity contribution in [3.05, 3.63) is 77.4 Å². The molecule has 0 atom stereocenters. The van der Waals surface area contributed by atoms with Crippen molar-refractivity contribution in [1.82, 2.24) is 9.97 Å². The number of nitrogens with one attached hydrogen (secondary N) is 1. The summed E-state index contributed by atoms with van der Waals surface area (Å²) in [5.74, 6) is -0.469. The van der Waals surface area contributed by atoms with E-state index in [1.54, 1.807) is 18.2 Å². The minimum Gasteiger partial charge on any atom is -0.318 e. The van der Waals surface area contributed by atoms with Crippen molar-refractivity contribution in [2.24, 2.45) is 0 Å². The zero-order chi connectivity index (χ0) is 18.1. The fourth-order valence-corrected chi connectivity index (χ4v) is 3.08. The van der Waals surface area contributed by atoms with Gasteiger partial charge in [0.05, 0.1) is 5.69 Å². The number of carbonyl (C=O) groups is 1. The molecule has 2 heterocycles. The molecule has 130 valence electrons. The summed E-state index contributed by atoms with van der Waals surface area (Å²) in [6.45, 7) is 2.57. The molecule has 2 aromatic carbocycles. The molecule has 0 saturated heterocycles. The molecule has 1 N–H and O–H groups in total. The predicted octanol–water partition coefficient (Wildman–Crippen LogP) is 3.87. The Morgan fingerprint density at radius 2 is 1.88 bits per heavy atom. The Bertz CT molecular complexity index is 989. The highest BCUT2D eigenvalue weighted by Crippen LogP contribution is 2.32. The van der Waals surface area contributed by atoms with Gasteiger partial charge in [-0.1, -0.05) is 30.3 Å². The molecule has 6 heteroatoms. The second-order valence-electron chi connectivity index (χ2n) is 6.16. The molecule has 4 rings (SSSR count). The number of carbonyl (C=O) groups excluding carboxylic acids is 1. The average molecular weight is 348 g/mol. The first-order valence-electron chi connectivity index (χ1n) is 8.39. The highest BCUT2D eigenvalue weighted by molar-refractivity contribution is 6.03. The quantitative estimate of drug-likeness (QED) is 0.781. The molecule has 1 aliphatic rings. The summed E-state index contributed by atoms with van der Waals surface area (Å²) in [5.41, 5.74) is 3.30. The van der Waals surface area contributed by atoms with Crippen molar-refractivity contribution in [2.75, 3.05) is 16.8 Å². The summed E-state index contributed by atoms with van der Waals surface area (Å²) in [5, 5.41) is 2.57. The summed E-state index contributed by atoms with van der Waals surface area (Å²) in [6.07, 6.45) is 0.907. The van der Waals surface area contributed by atoms with E-state index in [-0.39, 0.29) is 11.4 Å². The lowest BCUT2D eigenvalue weighted by molar-refractivity contribution is 0.102. The standard InChI is InChI=1S/C20H17FN4O/c1-13-12-17(19(26)23-16-8-4-3-7-15(16)21)24-20(22-13)25-11-10-14-6-2-5-9-18(14)25/h2-9,12H,10-11H2,1H3,(H,23,26). The fourth-order valence-electron chi connectivity index (χ4n) is 3.08. The van der Waals surface area contributed by atoms with Gasteiger partial charge in [-0.05, 0) is 43.2 Å². The van der Waals surface area contributed by atoms with Gasteiger partial charge in [0.25, 0.3) is 5.91 Å². The van der Waals surface area contributed by atoms with E-state index in [1.807, 2.05) is 30.0 Å². The third-order valence-corrected chi connectivity index (χ3v) is 4.33. The number of halogens is 1. The van der Waals surface area contributed by atoms with Crippen LogP contribution in [0.3, 0.4) is 0 Å². The van der Waals surface area contributed by atoms with Crippen LogP contribution < -0.4 is 10.2 Å². The maximum absolute atomic E-state index is 13.8. The monoisotopic (exact) mass is 348 g/mol. The van der Waals surface area contributed by atoms with Crippen LogP contribution in [0.5, 0.6) is 0 Å². The fraction of sp³-hybridized carbons (Fsp3) is 0.150. The van der Waals surface area contributed by atoms with E-state index in [1.165, 1.54) is 17.7 Å². The molecule has 26 heavy (non-hydrogen) atoms. The van der Waals surface area contributed by atoms with Crippen molar-refractivity contribution in [3.8, 4) is 0 Å². The number of nitrogens with zero attached hydrogens (tertiary/aromatic N) is 3. The number of anilines is 3. The van der Waals surface area contributed by atoms with Crippen molar-refractivity contribution in [3.63, 3.8) is 0 Å². The molecule has 0 unspecified atom stereocenters. The normalized spacial score (nSPS) is 12.8. The molecule has 1 amide bonds. The van der Waals surface area contributed by atoms with E-state index in [9.17, 15) is 9.18 Å². The first kappa shape index (κ1) is 16.2. The van der Waals surface area contributed by atoms with Gasteiger partial charge in [0.2, 0.25) is 5.95 Å². The van der Waals surface area contributed by atoms with Crippen LogP contribution in [0.2, 0.25) is 0 Å². The van der Waals surface area contributed by atoms with Crippen LogP contribution in [0.4, 0.5) is 21.7 Å². The topological polar surface area (TPSA) is 58.1 Å². The molecule has 0 bridgehead atoms. The molecular formula is C20H17FN4O. The maximum Gasteiger partial charge on any atom is 0.274 e. The smallest absolute Gasteiger partial charge is 0.274 e. The SMILES string of the molecule is Cc1cc(C(=O)Nc2ccccc2F)nc(N2CCc3ccccc32)n1. The average Bonchev–Trinajstić information content (AvgIpc) is 3.07. The Kier molecular flexibility index (Phi) is 4.08. The van der Waals surface area contributed by atoms with E-state index in [2.05, 4.69) is 21.4 Å². The van der Waals surface area contributed by atoms with E-state index >= 15 is 0 Å². The Hall–Kier alpha value is -3.28. The van der Waals surface area contributed by atoms with Gasteiger partial charge in [-0.3, -0.25) is 4.79 Å². The Balaban J connectivity index is 1.65. The van der Waals surface area contributed by atoms with Crippen molar-refractivity contribution < 1.29 is 9.18 Å². The van der Waals surface area contributed by atoms with Crippen LogP contribution in [0.25, 0.3) is 0 Å². The van der Waals surface area contributed by atoms with Crippen LogP contribution in [0.15, 0.2) is 54.6 Å². The lowest BCUT2D eigenvalue weighted by Gasteiger charge is -2.18. The summed E-state index contributed by atoms with van der Waals surface area (Å²) in [7, 11) is 0. The molecule has 0 radical (unpaired) electrons. The molecule has 5 nitrogen and oxygen atoms in total. The highest BCUT2D eigenvalue weighted by Gasteiger charge is 2.23. The number of rotatable bonds is 3.